The summed E-state index contributed by atoms with van der Waals surface area (Å²) >= 11 is 3.53. The molecule has 1 aromatic carbocycles. The molecule has 1 aliphatic heterocycles. The molecule has 0 spiro atoms. The Morgan fingerprint density at radius 3 is 3.08 bits per heavy atom. The van der Waals surface area contributed by atoms with E-state index in [0.717, 1.165) is 34.8 Å². The molecule has 26 heavy (non-hydrogen) atoms. The summed E-state index contributed by atoms with van der Waals surface area (Å²) in [4.78, 5) is 11.6. The number of thiophene rings is 1. The van der Waals surface area contributed by atoms with E-state index in [1.54, 1.807) is 11.3 Å². The van der Waals surface area contributed by atoms with Crippen molar-refractivity contribution in [1.29, 1.82) is 0 Å². The fourth-order valence-electron chi connectivity index (χ4n) is 3.66. The zero-order valence-electron chi connectivity index (χ0n) is 14.4. The number of anilines is 2. The van der Waals surface area contributed by atoms with E-state index < -0.39 is 0 Å². The normalized spacial score (nSPS) is 18.2. The molecule has 4 aromatic rings. The number of fused-ring (bicyclic) bond motifs is 2. The molecule has 132 valence electrons. The monoisotopic (exact) mass is 380 g/mol. The first kappa shape index (κ1) is 16.2. The molecule has 0 aliphatic carbocycles. The molecule has 4 nitrogen and oxygen atoms in total. The Bertz CT molecular complexity index is 1040. The van der Waals surface area contributed by atoms with Gasteiger partial charge in [-0.3, -0.25) is 0 Å². The summed E-state index contributed by atoms with van der Waals surface area (Å²) in [6.45, 7) is 2.26. The maximum absolute atomic E-state index is 4.62. The van der Waals surface area contributed by atoms with Gasteiger partial charge in [0, 0.05) is 22.1 Å². The van der Waals surface area contributed by atoms with Gasteiger partial charge in [0.25, 0.3) is 0 Å². The third kappa shape index (κ3) is 3.09. The van der Waals surface area contributed by atoms with Crippen LogP contribution in [-0.2, 0) is 0 Å². The van der Waals surface area contributed by atoms with Gasteiger partial charge in [-0.1, -0.05) is 0 Å². The van der Waals surface area contributed by atoms with Crippen molar-refractivity contribution in [3.8, 4) is 0 Å². The maximum atomic E-state index is 4.62. The van der Waals surface area contributed by atoms with E-state index in [2.05, 4.69) is 50.9 Å². The molecule has 1 atom stereocenters. The summed E-state index contributed by atoms with van der Waals surface area (Å²) in [5.74, 6) is 0.656. The lowest BCUT2D eigenvalue weighted by Gasteiger charge is -2.10. The Kier molecular flexibility index (Phi) is 4.32. The molecule has 1 saturated heterocycles. The summed E-state index contributed by atoms with van der Waals surface area (Å²) in [6, 6.07) is 10.8. The van der Waals surface area contributed by atoms with E-state index in [-0.39, 0.29) is 0 Å². The molecule has 2 N–H and O–H groups in total. The second-order valence-corrected chi connectivity index (χ2v) is 8.71. The van der Waals surface area contributed by atoms with Crippen molar-refractivity contribution in [2.45, 2.75) is 25.2 Å². The van der Waals surface area contributed by atoms with E-state index in [1.807, 2.05) is 23.0 Å². The largest absolute Gasteiger partial charge is 0.355 e. The summed E-state index contributed by atoms with van der Waals surface area (Å²) in [5, 5.41) is 8.31. The number of benzene rings is 1. The van der Waals surface area contributed by atoms with Crippen molar-refractivity contribution in [3.63, 3.8) is 0 Å². The second kappa shape index (κ2) is 6.95. The number of rotatable bonds is 3. The van der Waals surface area contributed by atoms with Gasteiger partial charge in [-0.2, -0.15) is 0 Å². The van der Waals surface area contributed by atoms with Crippen molar-refractivity contribution >= 4 is 54.5 Å². The van der Waals surface area contributed by atoms with Crippen molar-refractivity contribution in [2.75, 3.05) is 18.4 Å². The highest BCUT2D eigenvalue weighted by atomic mass is 32.1. The number of nitrogens with zero attached hydrogens (tertiary/aromatic N) is 2. The topological polar surface area (TPSA) is 49.8 Å². The van der Waals surface area contributed by atoms with Crippen LogP contribution in [-0.4, -0.2) is 23.1 Å². The lowest BCUT2D eigenvalue weighted by Crippen LogP contribution is -2.13. The van der Waals surface area contributed by atoms with Crippen LogP contribution >= 0.6 is 22.7 Å². The molecule has 0 saturated carbocycles. The fraction of sp³-hybridized carbons (Fsp3) is 0.300. The van der Waals surface area contributed by atoms with Crippen LogP contribution in [0.1, 0.15) is 30.1 Å². The van der Waals surface area contributed by atoms with E-state index in [4.69, 9.17) is 0 Å². The first-order valence-corrected chi connectivity index (χ1v) is 10.8. The molecule has 5 rings (SSSR count). The summed E-state index contributed by atoms with van der Waals surface area (Å²) in [6.07, 6.45) is 5.64. The second-order valence-electron chi connectivity index (χ2n) is 6.76. The molecule has 3 aromatic heterocycles. The highest BCUT2D eigenvalue weighted by molar-refractivity contribution is 7.18. The Labute approximate surface area is 160 Å². The van der Waals surface area contributed by atoms with Crippen LogP contribution in [0.25, 0.3) is 20.4 Å². The summed E-state index contributed by atoms with van der Waals surface area (Å²) in [5.41, 5.74) is 5.13. The molecule has 4 heterocycles. The number of hydrogen-bond donors (Lipinski definition) is 2. The minimum Gasteiger partial charge on any atom is -0.355 e. The number of pyridine rings is 1. The van der Waals surface area contributed by atoms with Gasteiger partial charge in [0.05, 0.1) is 21.4 Å². The van der Waals surface area contributed by atoms with E-state index >= 15 is 0 Å². The quantitative estimate of drug-likeness (QED) is 0.492. The molecule has 1 fully saturated rings. The van der Waals surface area contributed by atoms with E-state index in [0.29, 0.717) is 5.92 Å². The Balaban J connectivity index is 1.49. The first-order valence-electron chi connectivity index (χ1n) is 9.06. The third-order valence-corrected chi connectivity index (χ3v) is 7.06. The predicted molar refractivity (Wildman–Crippen MR) is 112 cm³/mol. The van der Waals surface area contributed by atoms with Gasteiger partial charge in [-0.15, -0.1) is 22.7 Å². The van der Waals surface area contributed by atoms with Gasteiger partial charge in [0.2, 0.25) is 0 Å². The molecule has 0 amide bonds. The van der Waals surface area contributed by atoms with Crippen molar-refractivity contribution in [1.82, 2.24) is 15.3 Å². The number of aromatic nitrogens is 2. The number of nitrogens with one attached hydrogen (secondary N) is 2. The molecule has 0 bridgehead atoms. The van der Waals surface area contributed by atoms with Crippen LogP contribution in [0.4, 0.5) is 11.4 Å². The van der Waals surface area contributed by atoms with Crippen molar-refractivity contribution < 1.29 is 0 Å². The summed E-state index contributed by atoms with van der Waals surface area (Å²) < 4.78 is 1.22. The van der Waals surface area contributed by atoms with Crippen LogP contribution in [0.2, 0.25) is 0 Å². The Morgan fingerprint density at radius 2 is 2.08 bits per heavy atom. The standard InChI is InChI=1S/C20H20N4S2/c1-2-13(5-8-21-7-1)19-11-15-16(6-9-22-20(15)26-19)24-14-3-4-18-17(10-14)23-12-25-18/h3-4,6,9-13,21H,1-2,5,7-8H2,(H,22,24)/t13-/m1/s1. The number of thiazole rings is 1. The third-order valence-electron chi connectivity index (χ3n) is 5.04. The zero-order valence-corrected chi connectivity index (χ0v) is 16.0. The van der Waals surface area contributed by atoms with Gasteiger partial charge in [-0.05, 0) is 68.6 Å². The molecule has 1 aliphatic rings. The average Bonchev–Trinajstić information content (AvgIpc) is 3.21. The predicted octanol–water partition coefficient (Wildman–Crippen LogP) is 5.51. The minimum atomic E-state index is 0.656. The number of hydrogen-bond acceptors (Lipinski definition) is 6. The fourth-order valence-corrected chi connectivity index (χ4v) is 5.52. The van der Waals surface area contributed by atoms with Crippen LogP contribution in [0.3, 0.4) is 0 Å². The minimum absolute atomic E-state index is 0.656. The molecular weight excluding hydrogens is 360 g/mol. The highest BCUT2D eigenvalue weighted by Gasteiger charge is 2.18. The Morgan fingerprint density at radius 1 is 1.08 bits per heavy atom. The van der Waals surface area contributed by atoms with Gasteiger partial charge in [-0.25, -0.2) is 9.97 Å². The van der Waals surface area contributed by atoms with Crippen LogP contribution < -0.4 is 10.6 Å². The highest BCUT2D eigenvalue weighted by Crippen LogP contribution is 2.38. The van der Waals surface area contributed by atoms with Crippen molar-refractivity contribution in [3.05, 3.63) is 46.9 Å². The smallest absolute Gasteiger partial charge is 0.125 e. The van der Waals surface area contributed by atoms with Crippen LogP contribution in [0, 0.1) is 0 Å². The molecule has 6 heteroatoms. The van der Waals surface area contributed by atoms with Crippen molar-refractivity contribution in [2.24, 2.45) is 0 Å². The molecule has 0 radical (unpaired) electrons. The van der Waals surface area contributed by atoms with E-state index in [1.165, 1.54) is 34.2 Å². The molecular formula is C20H20N4S2. The Hall–Kier alpha value is -2.02. The SMILES string of the molecule is c1cc(Nc2ccc3scnc3c2)c2cc([C@@H]3CCCNCC3)sc2n1. The van der Waals surface area contributed by atoms with Crippen LogP contribution in [0.5, 0.6) is 0 Å². The van der Waals surface area contributed by atoms with E-state index in [9.17, 15) is 0 Å². The molecule has 0 unspecified atom stereocenters. The van der Waals surface area contributed by atoms with Gasteiger partial charge >= 0.3 is 0 Å². The van der Waals surface area contributed by atoms with Gasteiger partial charge in [0.1, 0.15) is 4.83 Å². The van der Waals surface area contributed by atoms with Gasteiger partial charge < -0.3 is 10.6 Å². The zero-order chi connectivity index (χ0) is 17.3. The summed E-state index contributed by atoms with van der Waals surface area (Å²) in [7, 11) is 0. The lowest BCUT2D eigenvalue weighted by molar-refractivity contribution is 0.619. The van der Waals surface area contributed by atoms with Gasteiger partial charge in [0.15, 0.2) is 0 Å². The first-order chi connectivity index (χ1) is 12.9. The maximum Gasteiger partial charge on any atom is 0.125 e. The van der Waals surface area contributed by atoms with Crippen LogP contribution in [0.15, 0.2) is 42.0 Å². The lowest BCUT2D eigenvalue weighted by atomic mass is 9.98. The average molecular weight is 381 g/mol.